The summed E-state index contributed by atoms with van der Waals surface area (Å²) in [5.41, 5.74) is 3.21. The molecule has 0 radical (unpaired) electrons. The molecule has 1 aromatic carbocycles. The van der Waals surface area contributed by atoms with Crippen molar-refractivity contribution in [3.63, 3.8) is 0 Å². The monoisotopic (exact) mass is 393 g/mol. The van der Waals surface area contributed by atoms with Crippen molar-refractivity contribution in [2.24, 2.45) is 0 Å². The number of hydrogen-bond donors (Lipinski definition) is 2. The Balaban J connectivity index is 0.000000298. The van der Waals surface area contributed by atoms with Gasteiger partial charge in [0.25, 0.3) is 0 Å². The summed E-state index contributed by atoms with van der Waals surface area (Å²) in [5.74, 6) is 2.06. The van der Waals surface area contributed by atoms with Gasteiger partial charge in [-0.25, -0.2) is 14.3 Å². The molecule has 0 saturated heterocycles. The third-order valence-corrected chi connectivity index (χ3v) is 4.33. The SMILES string of the molecule is CC(C)NC(=O)O.COc1ccc(-c2cccc(C#N)c2)n2nc(C3CC3)nc12. The molecule has 1 aliphatic carbocycles. The Morgan fingerprint density at radius 2 is 2.10 bits per heavy atom. The Morgan fingerprint density at radius 1 is 1.34 bits per heavy atom. The predicted octanol–water partition coefficient (Wildman–Crippen LogP) is 3.82. The summed E-state index contributed by atoms with van der Waals surface area (Å²) in [6.45, 7) is 3.54. The van der Waals surface area contributed by atoms with Gasteiger partial charge >= 0.3 is 6.09 Å². The van der Waals surface area contributed by atoms with Crippen LogP contribution in [0.4, 0.5) is 4.79 Å². The highest BCUT2D eigenvalue weighted by atomic mass is 16.5. The van der Waals surface area contributed by atoms with Gasteiger partial charge in [0.15, 0.2) is 17.2 Å². The molecule has 2 aromatic heterocycles. The van der Waals surface area contributed by atoms with E-state index in [4.69, 9.17) is 15.1 Å². The lowest BCUT2D eigenvalue weighted by molar-refractivity contribution is 0.191. The smallest absolute Gasteiger partial charge is 0.404 e. The number of methoxy groups -OCH3 is 1. The quantitative estimate of drug-likeness (QED) is 0.697. The van der Waals surface area contributed by atoms with Crippen LogP contribution < -0.4 is 10.1 Å². The van der Waals surface area contributed by atoms with Gasteiger partial charge in [0.05, 0.1) is 24.4 Å². The van der Waals surface area contributed by atoms with Gasteiger partial charge < -0.3 is 15.2 Å². The summed E-state index contributed by atoms with van der Waals surface area (Å²) >= 11 is 0. The Labute approximate surface area is 168 Å². The van der Waals surface area contributed by atoms with E-state index in [-0.39, 0.29) is 6.04 Å². The van der Waals surface area contributed by atoms with Gasteiger partial charge in [0.1, 0.15) is 0 Å². The van der Waals surface area contributed by atoms with Crippen LogP contribution >= 0.6 is 0 Å². The Morgan fingerprint density at radius 3 is 2.66 bits per heavy atom. The fourth-order valence-corrected chi connectivity index (χ4v) is 2.84. The van der Waals surface area contributed by atoms with E-state index in [1.807, 2.05) is 34.8 Å². The molecule has 0 aliphatic heterocycles. The number of benzene rings is 1. The highest BCUT2D eigenvalue weighted by molar-refractivity contribution is 5.68. The number of nitrogens with zero attached hydrogens (tertiary/aromatic N) is 4. The number of ether oxygens (including phenoxy) is 1. The van der Waals surface area contributed by atoms with Gasteiger partial charge in [-0.3, -0.25) is 0 Å². The Hall–Kier alpha value is -3.60. The largest absolute Gasteiger partial charge is 0.493 e. The lowest BCUT2D eigenvalue weighted by Gasteiger charge is -2.07. The average molecular weight is 393 g/mol. The molecule has 29 heavy (non-hydrogen) atoms. The fraction of sp³-hybridized carbons (Fsp3) is 0.333. The number of nitriles is 1. The lowest BCUT2D eigenvalue weighted by atomic mass is 10.1. The van der Waals surface area contributed by atoms with Crippen molar-refractivity contribution < 1.29 is 14.6 Å². The van der Waals surface area contributed by atoms with Crippen molar-refractivity contribution in [1.82, 2.24) is 19.9 Å². The van der Waals surface area contributed by atoms with Crippen molar-refractivity contribution in [3.05, 3.63) is 47.8 Å². The number of nitrogens with one attached hydrogen (secondary N) is 1. The molecule has 1 fully saturated rings. The second-order valence-corrected chi connectivity index (χ2v) is 7.06. The maximum Gasteiger partial charge on any atom is 0.404 e. The first-order chi connectivity index (χ1) is 13.9. The number of carboxylic acid groups (broad SMARTS) is 1. The zero-order chi connectivity index (χ0) is 21.0. The molecule has 8 nitrogen and oxygen atoms in total. The van der Waals surface area contributed by atoms with E-state index in [1.54, 1.807) is 27.0 Å². The second kappa shape index (κ2) is 8.61. The normalized spacial score (nSPS) is 12.8. The first-order valence-corrected chi connectivity index (χ1v) is 9.36. The molecule has 2 N–H and O–H groups in total. The highest BCUT2D eigenvalue weighted by Crippen LogP contribution is 2.39. The maximum atomic E-state index is 9.70. The summed E-state index contributed by atoms with van der Waals surface area (Å²) in [6.07, 6.45) is 1.34. The van der Waals surface area contributed by atoms with Crippen LogP contribution in [0.5, 0.6) is 5.75 Å². The first kappa shape index (κ1) is 20.1. The molecular formula is C21H23N5O3. The number of rotatable bonds is 4. The number of carbonyl (C=O) groups is 1. The van der Waals surface area contributed by atoms with Crippen LogP contribution in [0.2, 0.25) is 0 Å². The van der Waals surface area contributed by atoms with E-state index in [0.717, 1.165) is 35.6 Å². The Bertz CT molecular complexity index is 1060. The molecule has 0 atom stereocenters. The van der Waals surface area contributed by atoms with Gasteiger partial charge in [0, 0.05) is 17.5 Å². The zero-order valence-corrected chi connectivity index (χ0v) is 16.6. The van der Waals surface area contributed by atoms with E-state index in [9.17, 15) is 4.79 Å². The molecular weight excluding hydrogens is 370 g/mol. The molecule has 4 rings (SSSR count). The van der Waals surface area contributed by atoms with Crippen LogP contribution in [0.3, 0.4) is 0 Å². The number of amides is 1. The second-order valence-electron chi connectivity index (χ2n) is 7.06. The van der Waals surface area contributed by atoms with E-state index in [0.29, 0.717) is 17.2 Å². The molecule has 8 heteroatoms. The van der Waals surface area contributed by atoms with Crippen LogP contribution in [0.15, 0.2) is 36.4 Å². The lowest BCUT2D eigenvalue weighted by Crippen LogP contribution is -2.27. The minimum atomic E-state index is -0.963. The van der Waals surface area contributed by atoms with E-state index in [2.05, 4.69) is 21.5 Å². The van der Waals surface area contributed by atoms with Crippen LogP contribution in [-0.2, 0) is 0 Å². The molecule has 0 unspecified atom stereocenters. The number of aromatic nitrogens is 3. The third kappa shape index (κ3) is 4.82. The molecule has 3 aromatic rings. The molecule has 150 valence electrons. The van der Waals surface area contributed by atoms with Crippen LogP contribution in [0, 0.1) is 11.3 Å². The van der Waals surface area contributed by atoms with Gasteiger partial charge in [-0.05, 0) is 51.0 Å². The topological polar surface area (TPSA) is 113 Å². The molecule has 0 spiro atoms. The summed E-state index contributed by atoms with van der Waals surface area (Å²) < 4.78 is 7.22. The molecule has 0 bridgehead atoms. The average Bonchev–Trinajstić information content (AvgIpc) is 3.45. The Kier molecular flexibility index (Phi) is 5.98. The van der Waals surface area contributed by atoms with Crippen LogP contribution in [-0.4, -0.2) is 38.9 Å². The van der Waals surface area contributed by atoms with Gasteiger partial charge in [-0.2, -0.15) is 10.4 Å². The number of fused-ring (bicyclic) bond motifs is 1. The molecule has 1 saturated carbocycles. The van der Waals surface area contributed by atoms with Gasteiger partial charge in [-0.15, -0.1) is 0 Å². The van der Waals surface area contributed by atoms with E-state index in [1.165, 1.54) is 0 Å². The number of pyridine rings is 1. The summed E-state index contributed by atoms with van der Waals surface area (Å²) in [7, 11) is 1.64. The maximum absolute atomic E-state index is 9.70. The third-order valence-electron chi connectivity index (χ3n) is 4.33. The molecule has 1 amide bonds. The van der Waals surface area contributed by atoms with E-state index >= 15 is 0 Å². The van der Waals surface area contributed by atoms with Gasteiger partial charge in [0.2, 0.25) is 0 Å². The van der Waals surface area contributed by atoms with Gasteiger partial charge in [-0.1, -0.05) is 12.1 Å². The van der Waals surface area contributed by atoms with Crippen LogP contribution in [0.1, 0.15) is 44.0 Å². The van der Waals surface area contributed by atoms with Crippen molar-refractivity contribution in [2.75, 3.05) is 7.11 Å². The van der Waals surface area contributed by atoms with Crippen molar-refractivity contribution in [1.29, 1.82) is 5.26 Å². The zero-order valence-electron chi connectivity index (χ0n) is 16.6. The van der Waals surface area contributed by atoms with Crippen molar-refractivity contribution in [3.8, 4) is 23.1 Å². The summed E-state index contributed by atoms with van der Waals surface area (Å²) in [4.78, 5) is 14.3. The minimum absolute atomic E-state index is 0.0255. The molecule has 1 aliphatic rings. The first-order valence-electron chi connectivity index (χ1n) is 9.36. The predicted molar refractivity (Wildman–Crippen MR) is 108 cm³/mol. The highest BCUT2D eigenvalue weighted by Gasteiger charge is 2.29. The minimum Gasteiger partial charge on any atom is -0.493 e. The molecule has 2 heterocycles. The van der Waals surface area contributed by atoms with Crippen LogP contribution in [0.25, 0.3) is 16.9 Å². The van der Waals surface area contributed by atoms with Crippen molar-refractivity contribution >= 4 is 11.7 Å². The number of hydrogen-bond acceptors (Lipinski definition) is 5. The standard InChI is InChI=1S/C17H14N4O.C4H9NO2/c1-22-15-8-7-14(13-4-2-3-11(9-13)10-18)21-17(15)19-16(20-21)12-5-6-12;1-3(2)5-4(6)7/h2-4,7-9,12H,5-6H2,1H3;3,5H,1-2H3,(H,6,7). The summed E-state index contributed by atoms with van der Waals surface area (Å²) in [5, 5.41) is 23.9. The fourth-order valence-electron chi connectivity index (χ4n) is 2.84. The van der Waals surface area contributed by atoms with E-state index < -0.39 is 6.09 Å². The summed E-state index contributed by atoms with van der Waals surface area (Å²) in [6, 6.07) is 13.6. The van der Waals surface area contributed by atoms with Crippen molar-refractivity contribution in [2.45, 2.75) is 38.6 Å².